The quantitative estimate of drug-likeness (QED) is 0.808. The van der Waals surface area contributed by atoms with Crippen LogP contribution in [0.4, 0.5) is 0 Å². The molecule has 0 saturated carbocycles. The third kappa shape index (κ3) is 4.12. The molecule has 114 valence electrons. The van der Waals surface area contributed by atoms with Gasteiger partial charge in [0, 0.05) is 13.0 Å². The Labute approximate surface area is 125 Å². The minimum absolute atomic E-state index is 0.286. The topological polar surface area (TPSA) is 74.2 Å². The summed E-state index contributed by atoms with van der Waals surface area (Å²) < 4.78 is 11.1. The van der Waals surface area contributed by atoms with E-state index in [1.54, 1.807) is 0 Å². The van der Waals surface area contributed by atoms with E-state index in [-0.39, 0.29) is 6.10 Å². The summed E-state index contributed by atoms with van der Waals surface area (Å²) in [5.74, 6) is 1.58. The maximum atomic E-state index is 5.78. The Balaban J connectivity index is 2.16. The molecule has 1 heterocycles. The van der Waals surface area contributed by atoms with Crippen LogP contribution in [0.15, 0.2) is 34.9 Å². The van der Waals surface area contributed by atoms with Crippen molar-refractivity contribution in [3.63, 3.8) is 0 Å². The van der Waals surface area contributed by atoms with Gasteiger partial charge < -0.3 is 15.0 Å². The van der Waals surface area contributed by atoms with Crippen LogP contribution in [-0.2, 0) is 11.2 Å². The molecule has 2 aromatic rings. The second kappa shape index (κ2) is 7.90. The number of rotatable bonds is 8. The first-order chi connectivity index (χ1) is 10.3. The van der Waals surface area contributed by atoms with Crippen LogP contribution in [0.3, 0.4) is 0 Å². The van der Waals surface area contributed by atoms with Gasteiger partial charge in [-0.05, 0) is 24.9 Å². The second-order valence-corrected chi connectivity index (χ2v) is 5.01. The maximum Gasteiger partial charge on any atom is 0.227 e. The van der Waals surface area contributed by atoms with E-state index in [1.165, 1.54) is 0 Å². The van der Waals surface area contributed by atoms with E-state index in [2.05, 4.69) is 17.1 Å². The van der Waals surface area contributed by atoms with Gasteiger partial charge in [-0.3, -0.25) is 0 Å². The van der Waals surface area contributed by atoms with Gasteiger partial charge in [-0.15, -0.1) is 0 Å². The van der Waals surface area contributed by atoms with Crippen LogP contribution < -0.4 is 5.73 Å². The molecule has 21 heavy (non-hydrogen) atoms. The smallest absolute Gasteiger partial charge is 0.227 e. The zero-order valence-corrected chi connectivity index (χ0v) is 12.7. The third-order valence-corrected chi connectivity index (χ3v) is 3.53. The Hall–Kier alpha value is -1.72. The van der Waals surface area contributed by atoms with Crippen molar-refractivity contribution in [3.05, 3.63) is 47.6 Å². The molecule has 0 fully saturated rings. The molecule has 0 aliphatic heterocycles. The Kier molecular flexibility index (Phi) is 5.90. The average molecular weight is 289 g/mol. The number of hydrogen-bond acceptors (Lipinski definition) is 5. The Morgan fingerprint density at radius 1 is 1.24 bits per heavy atom. The molecular weight excluding hydrogens is 266 g/mol. The highest BCUT2D eigenvalue weighted by Gasteiger charge is 2.21. The lowest BCUT2D eigenvalue weighted by Gasteiger charge is -2.13. The number of aromatic nitrogens is 2. The number of hydrogen-bond donors (Lipinski definition) is 1. The monoisotopic (exact) mass is 289 g/mol. The fraction of sp³-hybridized carbons (Fsp3) is 0.500. The van der Waals surface area contributed by atoms with Gasteiger partial charge in [0.25, 0.3) is 0 Å². The second-order valence-electron chi connectivity index (χ2n) is 5.01. The fourth-order valence-electron chi connectivity index (χ4n) is 2.21. The molecule has 0 aliphatic rings. The summed E-state index contributed by atoms with van der Waals surface area (Å²) in [6.45, 7) is 5.28. The van der Waals surface area contributed by atoms with Gasteiger partial charge in [0.15, 0.2) is 0 Å². The lowest BCUT2D eigenvalue weighted by Crippen LogP contribution is -2.16. The van der Waals surface area contributed by atoms with Crippen molar-refractivity contribution in [2.45, 2.75) is 32.8 Å². The summed E-state index contributed by atoms with van der Waals surface area (Å²) in [7, 11) is 0. The first kappa shape index (κ1) is 15.7. The molecule has 1 aromatic carbocycles. The molecular formula is C16H23N3O2. The highest BCUT2D eigenvalue weighted by atomic mass is 16.5. The van der Waals surface area contributed by atoms with Gasteiger partial charge in [-0.2, -0.15) is 4.98 Å². The number of benzene rings is 1. The predicted molar refractivity (Wildman–Crippen MR) is 80.7 cm³/mol. The first-order valence-electron chi connectivity index (χ1n) is 7.47. The third-order valence-electron chi connectivity index (χ3n) is 3.53. The van der Waals surface area contributed by atoms with E-state index >= 15 is 0 Å². The van der Waals surface area contributed by atoms with Gasteiger partial charge in [-0.1, -0.05) is 48.8 Å². The molecule has 0 aliphatic carbocycles. The number of ether oxygens (including phenoxy) is 1. The Morgan fingerprint density at radius 2 is 2.00 bits per heavy atom. The van der Waals surface area contributed by atoms with Crippen molar-refractivity contribution >= 4 is 0 Å². The van der Waals surface area contributed by atoms with Gasteiger partial charge in [0.1, 0.15) is 6.10 Å². The largest absolute Gasteiger partial charge is 0.366 e. The molecule has 2 atom stereocenters. The van der Waals surface area contributed by atoms with E-state index in [0.29, 0.717) is 37.2 Å². The lowest BCUT2D eigenvalue weighted by atomic mass is 10.0. The molecule has 1 aromatic heterocycles. The summed E-state index contributed by atoms with van der Waals surface area (Å²) in [6.07, 6.45) is 1.43. The normalized spacial score (nSPS) is 14.0. The van der Waals surface area contributed by atoms with Crippen molar-refractivity contribution in [3.8, 4) is 0 Å². The van der Waals surface area contributed by atoms with Crippen molar-refractivity contribution in [1.29, 1.82) is 0 Å². The van der Waals surface area contributed by atoms with E-state index in [1.807, 2.05) is 37.3 Å². The maximum absolute atomic E-state index is 5.78. The van der Waals surface area contributed by atoms with Crippen LogP contribution in [0.5, 0.6) is 0 Å². The van der Waals surface area contributed by atoms with Gasteiger partial charge >= 0.3 is 0 Å². The average Bonchev–Trinajstić information content (AvgIpc) is 2.99. The van der Waals surface area contributed by atoms with Gasteiger partial charge in [0.05, 0.1) is 0 Å². The van der Waals surface area contributed by atoms with Crippen LogP contribution >= 0.6 is 0 Å². The number of nitrogens with zero attached hydrogens (tertiary/aromatic N) is 2. The summed E-state index contributed by atoms with van der Waals surface area (Å²) in [4.78, 5) is 4.48. The Bertz CT molecular complexity index is 523. The molecule has 0 saturated heterocycles. The highest BCUT2D eigenvalue weighted by molar-refractivity contribution is 5.22. The summed E-state index contributed by atoms with van der Waals surface area (Å²) in [5, 5.41) is 4.08. The van der Waals surface area contributed by atoms with Crippen LogP contribution in [-0.4, -0.2) is 23.3 Å². The molecule has 0 radical (unpaired) electrons. The lowest BCUT2D eigenvalue weighted by molar-refractivity contribution is 0.0833. The fourth-order valence-corrected chi connectivity index (χ4v) is 2.21. The van der Waals surface area contributed by atoms with Crippen LogP contribution in [0.25, 0.3) is 0 Å². The molecule has 5 heteroatoms. The van der Waals surface area contributed by atoms with Crippen LogP contribution in [0, 0.1) is 5.92 Å². The number of nitrogens with two attached hydrogens (primary N) is 1. The van der Waals surface area contributed by atoms with Gasteiger partial charge in [-0.25, -0.2) is 0 Å². The van der Waals surface area contributed by atoms with Crippen LogP contribution in [0.1, 0.15) is 43.7 Å². The van der Waals surface area contributed by atoms with E-state index < -0.39 is 0 Å². The van der Waals surface area contributed by atoms with E-state index in [0.717, 1.165) is 12.0 Å². The van der Waals surface area contributed by atoms with Crippen molar-refractivity contribution in [2.75, 3.05) is 13.2 Å². The summed E-state index contributed by atoms with van der Waals surface area (Å²) in [6, 6.07) is 9.94. The van der Waals surface area contributed by atoms with Crippen molar-refractivity contribution in [2.24, 2.45) is 11.7 Å². The van der Waals surface area contributed by atoms with Crippen molar-refractivity contribution < 1.29 is 9.26 Å². The Morgan fingerprint density at radius 3 is 2.62 bits per heavy atom. The molecule has 0 bridgehead atoms. The predicted octanol–water partition coefficient (Wildman–Crippen LogP) is 2.72. The van der Waals surface area contributed by atoms with E-state index in [4.69, 9.17) is 15.0 Å². The zero-order chi connectivity index (χ0) is 15.1. The van der Waals surface area contributed by atoms with Gasteiger partial charge in [0.2, 0.25) is 11.7 Å². The zero-order valence-electron chi connectivity index (χ0n) is 12.7. The highest BCUT2D eigenvalue weighted by Crippen LogP contribution is 2.24. The standard InChI is InChI=1S/C16H23N3O2/c1-3-12(11-17)10-14-18-16(19-21-14)15(20-4-2)13-8-6-5-7-9-13/h5-9,12,15H,3-4,10-11,17H2,1-2H3. The molecule has 2 unspecified atom stereocenters. The SMILES string of the molecule is CCOC(c1ccccc1)c1noc(CC(CC)CN)n1. The molecule has 0 spiro atoms. The summed E-state index contributed by atoms with van der Waals surface area (Å²) >= 11 is 0. The van der Waals surface area contributed by atoms with Crippen LogP contribution in [0.2, 0.25) is 0 Å². The summed E-state index contributed by atoms with van der Waals surface area (Å²) in [5.41, 5.74) is 6.75. The minimum atomic E-state index is -0.286. The first-order valence-corrected chi connectivity index (χ1v) is 7.47. The molecule has 2 rings (SSSR count). The molecule has 5 nitrogen and oxygen atoms in total. The van der Waals surface area contributed by atoms with E-state index in [9.17, 15) is 0 Å². The molecule has 0 amide bonds. The van der Waals surface area contributed by atoms with Crippen molar-refractivity contribution in [1.82, 2.24) is 10.1 Å². The minimum Gasteiger partial charge on any atom is -0.366 e. The molecule has 2 N–H and O–H groups in total.